The molecule has 0 radical (unpaired) electrons. The molecule has 288 valence electrons. The van der Waals surface area contributed by atoms with Gasteiger partial charge in [-0.25, -0.2) is 0 Å². The van der Waals surface area contributed by atoms with E-state index in [4.69, 9.17) is 0 Å². The molecule has 0 atom stereocenters. The van der Waals surface area contributed by atoms with E-state index < -0.39 is 0 Å². The van der Waals surface area contributed by atoms with Crippen LogP contribution >= 0.6 is 0 Å². The number of rotatable bonds is 8. The average molecular weight is 778 g/mol. The van der Waals surface area contributed by atoms with E-state index in [9.17, 15) is 0 Å². The van der Waals surface area contributed by atoms with Gasteiger partial charge in [0, 0.05) is 16.8 Å². The van der Waals surface area contributed by atoms with Gasteiger partial charge in [-0.15, -0.1) is 0 Å². The summed E-state index contributed by atoms with van der Waals surface area (Å²) in [6.07, 6.45) is 2.87. The van der Waals surface area contributed by atoms with Crippen molar-refractivity contribution in [3.8, 4) is 33.4 Å². The van der Waals surface area contributed by atoms with Crippen LogP contribution in [0.4, 0.5) is 17.1 Å². The summed E-state index contributed by atoms with van der Waals surface area (Å²) >= 11 is 0. The van der Waals surface area contributed by atoms with Crippen LogP contribution in [0.5, 0.6) is 0 Å². The lowest BCUT2D eigenvalue weighted by molar-refractivity contribution is 1.11. The second kappa shape index (κ2) is 15.1. The van der Waals surface area contributed by atoms with Crippen molar-refractivity contribution >= 4 is 77.0 Å². The zero-order valence-corrected chi connectivity index (χ0v) is 34.1. The largest absolute Gasteiger partial charge is 0.310 e. The molecule has 1 nitrogen and oxygen atoms in total. The number of fused-ring (bicyclic) bond motifs is 5. The molecule has 0 spiro atoms. The molecule has 1 heteroatoms. The molecule has 0 aromatic heterocycles. The van der Waals surface area contributed by atoms with Gasteiger partial charge in [-0.3, -0.25) is 0 Å². The van der Waals surface area contributed by atoms with Gasteiger partial charge in [0.1, 0.15) is 0 Å². The van der Waals surface area contributed by atoms with Crippen molar-refractivity contribution in [1.82, 2.24) is 0 Å². The van der Waals surface area contributed by atoms with Crippen LogP contribution in [0.1, 0.15) is 18.1 Å². The number of benzene rings is 11. The number of nitrogens with zero attached hydrogens (tertiary/aromatic N) is 1. The maximum Gasteiger partial charge on any atom is 0.0540 e. The van der Waals surface area contributed by atoms with Crippen LogP contribution in [-0.2, 0) is 6.42 Å². The highest BCUT2D eigenvalue weighted by Gasteiger charge is 2.21. The van der Waals surface area contributed by atoms with Crippen LogP contribution in [0.15, 0.2) is 219 Å². The lowest BCUT2D eigenvalue weighted by Gasteiger charge is -2.29. The summed E-state index contributed by atoms with van der Waals surface area (Å²) in [4.78, 5) is 2.44. The van der Waals surface area contributed by atoms with Crippen molar-refractivity contribution in [2.75, 3.05) is 4.90 Å². The van der Waals surface area contributed by atoms with E-state index in [0.717, 1.165) is 34.6 Å². The molecule has 0 amide bonds. The van der Waals surface area contributed by atoms with Gasteiger partial charge in [-0.1, -0.05) is 189 Å². The van der Waals surface area contributed by atoms with E-state index in [1.54, 1.807) is 0 Å². The average Bonchev–Trinajstić information content (AvgIpc) is 3.32. The molecule has 0 bridgehead atoms. The van der Waals surface area contributed by atoms with E-state index in [1.165, 1.54) is 87.2 Å². The van der Waals surface area contributed by atoms with Crippen LogP contribution in [0, 0.1) is 0 Å². The van der Waals surface area contributed by atoms with E-state index in [-0.39, 0.29) is 0 Å². The van der Waals surface area contributed by atoms with Gasteiger partial charge in [-0.2, -0.15) is 0 Å². The minimum atomic E-state index is 0.884. The summed E-state index contributed by atoms with van der Waals surface area (Å²) < 4.78 is 0. The zero-order valence-electron chi connectivity index (χ0n) is 34.1. The molecule has 0 heterocycles. The predicted octanol–water partition coefficient (Wildman–Crippen LogP) is 17.1. The van der Waals surface area contributed by atoms with Gasteiger partial charge >= 0.3 is 0 Å². The van der Waals surface area contributed by atoms with E-state index in [2.05, 4.69) is 231 Å². The smallest absolute Gasteiger partial charge is 0.0540 e. The summed E-state index contributed by atoms with van der Waals surface area (Å²) in [7, 11) is 0. The third kappa shape index (κ3) is 6.17. The summed E-state index contributed by atoms with van der Waals surface area (Å²) in [6, 6.07) is 78.2. The second-order valence-corrected chi connectivity index (χ2v) is 15.9. The van der Waals surface area contributed by atoms with Crippen molar-refractivity contribution in [2.45, 2.75) is 13.3 Å². The highest BCUT2D eigenvalue weighted by atomic mass is 15.1. The van der Waals surface area contributed by atoms with Gasteiger partial charge < -0.3 is 4.90 Å². The van der Waals surface area contributed by atoms with Gasteiger partial charge in [0.25, 0.3) is 0 Å². The van der Waals surface area contributed by atoms with Crippen LogP contribution < -0.4 is 4.90 Å². The lowest BCUT2D eigenvalue weighted by Crippen LogP contribution is -2.13. The van der Waals surface area contributed by atoms with Crippen molar-refractivity contribution in [3.63, 3.8) is 0 Å². The molecule has 0 aliphatic carbocycles. The molecule has 11 aromatic rings. The third-order valence-electron chi connectivity index (χ3n) is 12.6. The first-order valence-electron chi connectivity index (χ1n) is 21.3. The highest BCUT2D eigenvalue weighted by Crippen LogP contribution is 2.47. The fourth-order valence-electron chi connectivity index (χ4n) is 9.76. The summed E-state index contributed by atoms with van der Waals surface area (Å²) in [5, 5.41) is 12.4. The molecule has 11 rings (SSSR count). The Bertz CT molecular complexity index is 3370. The summed E-state index contributed by atoms with van der Waals surface area (Å²) in [5.41, 5.74) is 13.1. The van der Waals surface area contributed by atoms with E-state index >= 15 is 0 Å². The van der Waals surface area contributed by atoms with E-state index in [0.29, 0.717) is 0 Å². The molecule has 0 aliphatic rings. The molecule has 0 N–H and O–H groups in total. The van der Waals surface area contributed by atoms with Crippen LogP contribution in [0.3, 0.4) is 0 Å². The number of anilines is 3. The molecule has 0 saturated carbocycles. The molecule has 61 heavy (non-hydrogen) atoms. The molecule has 11 aromatic carbocycles. The minimum absolute atomic E-state index is 0.884. The highest BCUT2D eigenvalue weighted by molar-refractivity contribution is 6.17. The number of hydrogen-bond acceptors (Lipinski definition) is 1. The maximum absolute atomic E-state index is 4.20. The molecular weight excluding hydrogens is 735 g/mol. The first kappa shape index (κ1) is 36.3. The molecule has 0 unspecified atom stereocenters. The Balaban J connectivity index is 1.18. The standard InChI is InChI=1S/C60H43N/c1-3-40-22-15-29-57(49(40)4-2)61(58-30-16-23-41-17-5-10-24-50(41)58)48-34-31-42(32-35-48)56-39-47(59-51-25-11-6-18-43(51)37-44-19-7-12-26-52(44)59)33-36-55(56)60-53-27-13-8-20-45(53)38-46-21-9-14-28-54(46)60/h3,5-39H,1,4H2,2H3. The Hall–Kier alpha value is -7.74. The fourth-order valence-corrected chi connectivity index (χ4v) is 9.76. The third-order valence-corrected chi connectivity index (χ3v) is 12.6. The van der Waals surface area contributed by atoms with Gasteiger partial charge in [0.15, 0.2) is 0 Å². The van der Waals surface area contributed by atoms with Crippen molar-refractivity contribution in [1.29, 1.82) is 0 Å². The van der Waals surface area contributed by atoms with Crippen LogP contribution in [0.2, 0.25) is 0 Å². The van der Waals surface area contributed by atoms with Gasteiger partial charge in [0.05, 0.1) is 5.69 Å². The Morgan fingerprint density at radius 1 is 0.393 bits per heavy atom. The molecule has 0 aliphatic heterocycles. The van der Waals surface area contributed by atoms with Crippen molar-refractivity contribution in [3.05, 3.63) is 230 Å². The Kier molecular flexibility index (Phi) is 9.02. The molecule has 0 fully saturated rings. The molecular formula is C60H43N. The SMILES string of the molecule is C=Cc1cccc(N(c2ccc(-c3cc(-c4c5ccccc5cc5ccccc45)ccc3-c3c4ccccc4cc4ccccc34)cc2)c2cccc3ccccc23)c1CC. The normalized spacial score (nSPS) is 11.5. The second-order valence-electron chi connectivity index (χ2n) is 15.9. The molecule has 0 saturated heterocycles. The minimum Gasteiger partial charge on any atom is -0.310 e. The van der Waals surface area contributed by atoms with Crippen LogP contribution in [0.25, 0.3) is 93.3 Å². The Labute approximate surface area is 357 Å². The predicted molar refractivity (Wildman–Crippen MR) is 264 cm³/mol. The monoisotopic (exact) mass is 777 g/mol. The summed E-state index contributed by atoms with van der Waals surface area (Å²) in [5.74, 6) is 0. The Morgan fingerprint density at radius 3 is 1.44 bits per heavy atom. The lowest BCUT2D eigenvalue weighted by atomic mass is 9.84. The van der Waals surface area contributed by atoms with E-state index in [1.807, 2.05) is 6.08 Å². The van der Waals surface area contributed by atoms with Gasteiger partial charge in [0.2, 0.25) is 0 Å². The fraction of sp³-hybridized carbons (Fsp3) is 0.0333. The first-order chi connectivity index (χ1) is 30.2. The van der Waals surface area contributed by atoms with Crippen molar-refractivity contribution < 1.29 is 0 Å². The quantitative estimate of drug-likeness (QED) is 0.139. The first-order valence-corrected chi connectivity index (χ1v) is 21.3. The maximum atomic E-state index is 4.20. The van der Waals surface area contributed by atoms with Crippen molar-refractivity contribution in [2.24, 2.45) is 0 Å². The van der Waals surface area contributed by atoms with Gasteiger partial charge in [-0.05, 0) is 142 Å². The zero-order chi connectivity index (χ0) is 40.9. The number of hydrogen-bond donors (Lipinski definition) is 0. The summed E-state index contributed by atoms with van der Waals surface area (Å²) in [6.45, 7) is 6.43. The Morgan fingerprint density at radius 2 is 0.869 bits per heavy atom. The topological polar surface area (TPSA) is 3.24 Å². The van der Waals surface area contributed by atoms with Crippen LogP contribution in [-0.4, -0.2) is 0 Å².